The third kappa shape index (κ3) is 6.13. The molecule has 2 aliphatic heterocycles. The lowest BCUT2D eigenvalue weighted by atomic mass is 9.76. The number of hydrogen-bond acceptors (Lipinski definition) is 5. The van der Waals surface area contributed by atoms with E-state index in [1.165, 1.54) is 6.08 Å². The molecule has 0 aliphatic carbocycles. The van der Waals surface area contributed by atoms with E-state index in [1.54, 1.807) is 31.0 Å². The van der Waals surface area contributed by atoms with Crippen LogP contribution in [0.1, 0.15) is 43.5 Å². The molecule has 0 spiro atoms. The number of halogens is 2. The number of ether oxygens (including phenoxy) is 1. The van der Waals surface area contributed by atoms with E-state index in [2.05, 4.69) is 18.1 Å². The van der Waals surface area contributed by atoms with Crippen LogP contribution in [0.5, 0.6) is 5.75 Å². The Labute approximate surface area is 226 Å². The molecule has 0 bridgehead atoms. The summed E-state index contributed by atoms with van der Waals surface area (Å²) in [5.41, 5.74) is 1.30. The van der Waals surface area contributed by atoms with E-state index in [4.69, 9.17) is 26.4 Å². The van der Waals surface area contributed by atoms with Gasteiger partial charge in [0.15, 0.2) is 5.16 Å². The van der Waals surface area contributed by atoms with Gasteiger partial charge >= 0.3 is 5.97 Å². The number of carbonyl (C=O) groups is 1. The Hall–Kier alpha value is -2.55. The van der Waals surface area contributed by atoms with Crippen LogP contribution in [0, 0.1) is 5.92 Å². The minimum absolute atomic E-state index is 0.0969. The standard InChI is InChI=1S/C28H33ClFN3O3S/c1-4-22-7-6-21(30)9-12-28(2,20-5-8-23(29)24(15-20)36-3)25-16-31-27(33(22)25)37-18-19-10-13-32(14-11-19)17-26(34)35/h4-9,15-16,19,22H,1,10-14,17-18H2,2-3H3,(H,34,35). The van der Waals surface area contributed by atoms with Gasteiger partial charge in [-0.3, -0.25) is 9.69 Å². The summed E-state index contributed by atoms with van der Waals surface area (Å²) in [5, 5.41) is 10.4. The number of imidazole rings is 1. The number of carboxylic acids is 1. The smallest absolute Gasteiger partial charge is 0.317 e. The summed E-state index contributed by atoms with van der Waals surface area (Å²) in [6.07, 6.45) is 10.9. The van der Waals surface area contributed by atoms with Crippen molar-refractivity contribution in [1.82, 2.24) is 14.5 Å². The van der Waals surface area contributed by atoms with Crippen LogP contribution in [-0.4, -0.2) is 58.0 Å². The second-order valence-corrected chi connectivity index (χ2v) is 11.2. The monoisotopic (exact) mass is 545 g/mol. The lowest BCUT2D eigenvalue weighted by molar-refractivity contribution is -0.138. The summed E-state index contributed by atoms with van der Waals surface area (Å²) in [6.45, 7) is 7.79. The number of fused-ring (bicyclic) bond motifs is 1. The van der Waals surface area contributed by atoms with Gasteiger partial charge in [0.25, 0.3) is 0 Å². The average Bonchev–Trinajstić information content (AvgIpc) is 3.32. The van der Waals surface area contributed by atoms with Crippen molar-refractivity contribution in [2.24, 2.45) is 5.92 Å². The third-order valence-electron chi connectivity index (χ3n) is 7.33. The number of aromatic nitrogens is 2. The maximum atomic E-state index is 14.7. The number of aliphatic carboxylic acids is 1. The van der Waals surface area contributed by atoms with Gasteiger partial charge in [0, 0.05) is 16.9 Å². The first-order valence-electron chi connectivity index (χ1n) is 12.4. The Balaban J connectivity index is 1.66. The largest absolute Gasteiger partial charge is 0.495 e. The fraction of sp³-hybridized carbons (Fsp3) is 0.429. The normalized spacial score (nSPS) is 22.9. The number of thioether (sulfide) groups is 1. The minimum atomic E-state index is -0.782. The van der Waals surface area contributed by atoms with Crippen molar-refractivity contribution in [3.63, 3.8) is 0 Å². The second-order valence-electron chi connectivity index (χ2n) is 9.78. The summed E-state index contributed by atoms with van der Waals surface area (Å²) in [6, 6.07) is 5.41. The quantitative estimate of drug-likeness (QED) is 0.311. The summed E-state index contributed by atoms with van der Waals surface area (Å²) < 4.78 is 22.4. The van der Waals surface area contributed by atoms with Crippen LogP contribution in [0.15, 0.2) is 66.3 Å². The van der Waals surface area contributed by atoms with Gasteiger partial charge in [0.1, 0.15) is 11.6 Å². The average molecular weight is 546 g/mol. The first-order valence-corrected chi connectivity index (χ1v) is 13.8. The van der Waals surface area contributed by atoms with Crippen LogP contribution < -0.4 is 4.74 Å². The van der Waals surface area contributed by atoms with Gasteiger partial charge in [-0.25, -0.2) is 9.37 Å². The van der Waals surface area contributed by atoms with E-state index in [-0.39, 0.29) is 18.4 Å². The molecule has 2 atom stereocenters. The molecular weight excluding hydrogens is 513 g/mol. The molecule has 198 valence electrons. The number of carboxylic acid groups (broad SMARTS) is 1. The number of rotatable bonds is 8. The molecule has 1 N–H and O–H groups in total. The summed E-state index contributed by atoms with van der Waals surface area (Å²) >= 11 is 8.00. The number of likely N-dealkylation sites (tertiary alicyclic amines) is 1. The van der Waals surface area contributed by atoms with Crippen LogP contribution in [0.4, 0.5) is 4.39 Å². The molecular formula is C28H33ClFN3O3S. The van der Waals surface area contributed by atoms with Crippen molar-refractivity contribution in [1.29, 1.82) is 0 Å². The zero-order valence-corrected chi connectivity index (χ0v) is 22.8. The molecule has 1 aromatic heterocycles. The van der Waals surface area contributed by atoms with Crippen molar-refractivity contribution < 1.29 is 19.0 Å². The second kappa shape index (κ2) is 11.9. The molecule has 1 aromatic carbocycles. The Bertz CT molecular complexity index is 1210. The molecule has 9 heteroatoms. The van der Waals surface area contributed by atoms with E-state index in [9.17, 15) is 9.18 Å². The molecule has 2 aliphatic rings. The fourth-order valence-electron chi connectivity index (χ4n) is 5.05. The highest BCUT2D eigenvalue weighted by molar-refractivity contribution is 7.99. The van der Waals surface area contributed by atoms with Crippen LogP contribution in [0.3, 0.4) is 0 Å². The predicted octanol–water partition coefficient (Wildman–Crippen LogP) is 6.28. The maximum Gasteiger partial charge on any atom is 0.317 e. The van der Waals surface area contributed by atoms with Crippen LogP contribution in [0.25, 0.3) is 0 Å². The zero-order chi connectivity index (χ0) is 26.6. The van der Waals surface area contributed by atoms with Crippen molar-refractivity contribution in [3.8, 4) is 5.75 Å². The Morgan fingerprint density at radius 3 is 2.84 bits per heavy atom. The van der Waals surface area contributed by atoms with Gasteiger partial charge in [-0.1, -0.05) is 41.6 Å². The Morgan fingerprint density at radius 1 is 1.41 bits per heavy atom. The van der Waals surface area contributed by atoms with E-state index < -0.39 is 11.4 Å². The summed E-state index contributed by atoms with van der Waals surface area (Å²) in [4.78, 5) is 17.8. The van der Waals surface area contributed by atoms with E-state index in [1.807, 2.05) is 35.4 Å². The molecule has 1 saturated heterocycles. The number of allylic oxidation sites excluding steroid dienone is 5. The van der Waals surface area contributed by atoms with Gasteiger partial charge in [-0.2, -0.15) is 0 Å². The topological polar surface area (TPSA) is 67.6 Å². The fourth-order valence-corrected chi connectivity index (χ4v) is 6.44. The molecule has 0 saturated carbocycles. The SMILES string of the molecule is C=CC1C=CC(F)=CCC(C)(c2ccc(Cl)c(OC)c2)c2cnc(SCC3CCN(CC(=O)O)CC3)n21. The van der Waals surface area contributed by atoms with Crippen molar-refractivity contribution in [3.05, 3.63) is 77.4 Å². The van der Waals surface area contributed by atoms with Crippen LogP contribution >= 0.6 is 23.4 Å². The number of benzene rings is 1. The minimum Gasteiger partial charge on any atom is -0.495 e. The molecule has 0 radical (unpaired) electrons. The molecule has 2 aromatic rings. The first kappa shape index (κ1) is 27.5. The van der Waals surface area contributed by atoms with Gasteiger partial charge < -0.3 is 14.4 Å². The Morgan fingerprint density at radius 2 is 2.16 bits per heavy atom. The van der Waals surface area contributed by atoms with Gasteiger partial charge in [0.05, 0.1) is 30.9 Å². The van der Waals surface area contributed by atoms with E-state index in [0.717, 1.165) is 48.1 Å². The van der Waals surface area contributed by atoms with Crippen molar-refractivity contribution in [2.75, 3.05) is 32.5 Å². The highest BCUT2D eigenvalue weighted by Crippen LogP contribution is 2.43. The predicted molar refractivity (Wildman–Crippen MR) is 146 cm³/mol. The molecule has 1 fully saturated rings. The van der Waals surface area contributed by atoms with Crippen LogP contribution in [-0.2, 0) is 10.2 Å². The number of piperidine rings is 1. The van der Waals surface area contributed by atoms with Gasteiger partial charge in [-0.15, -0.1) is 6.58 Å². The number of hydrogen-bond donors (Lipinski definition) is 1. The lowest BCUT2D eigenvalue weighted by Gasteiger charge is -2.32. The third-order valence-corrected chi connectivity index (χ3v) is 8.84. The lowest BCUT2D eigenvalue weighted by Crippen LogP contribution is -2.37. The molecule has 4 rings (SSSR count). The molecule has 37 heavy (non-hydrogen) atoms. The summed E-state index contributed by atoms with van der Waals surface area (Å²) in [7, 11) is 1.58. The van der Waals surface area contributed by atoms with E-state index in [0.29, 0.717) is 23.1 Å². The summed E-state index contributed by atoms with van der Waals surface area (Å²) in [5.74, 6) is 0.847. The highest BCUT2D eigenvalue weighted by atomic mass is 35.5. The molecule has 2 unspecified atom stereocenters. The molecule has 6 nitrogen and oxygen atoms in total. The molecule has 3 heterocycles. The van der Waals surface area contributed by atoms with Gasteiger partial charge in [-0.05, 0) is 75.0 Å². The van der Waals surface area contributed by atoms with Crippen molar-refractivity contribution in [2.45, 2.75) is 42.8 Å². The highest BCUT2D eigenvalue weighted by Gasteiger charge is 2.35. The Kier molecular flexibility index (Phi) is 8.82. The first-order chi connectivity index (χ1) is 17.7. The molecule has 0 amide bonds. The van der Waals surface area contributed by atoms with Crippen LogP contribution in [0.2, 0.25) is 5.02 Å². The van der Waals surface area contributed by atoms with Crippen molar-refractivity contribution >= 4 is 29.3 Å². The van der Waals surface area contributed by atoms with E-state index >= 15 is 0 Å². The van der Waals surface area contributed by atoms with Gasteiger partial charge in [0.2, 0.25) is 0 Å². The number of methoxy groups -OCH3 is 1. The maximum absolute atomic E-state index is 14.7. The zero-order valence-electron chi connectivity index (χ0n) is 21.2. The number of nitrogens with zero attached hydrogens (tertiary/aromatic N) is 3.